The molecular formula is C16H20F2N2O. The average Bonchev–Trinajstić information content (AvgIpc) is 2.80. The Labute approximate surface area is 123 Å². The number of likely N-dealkylation sites (N-methyl/N-ethyl adjacent to an activating group) is 1. The van der Waals surface area contributed by atoms with Crippen LogP contribution in [0.15, 0.2) is 18.2 Å². The first kappa shape index (κ1) is 14.4. The second-order valence-electron chi connectivity index (χ2n) is 6.18. The largest absolute Gasteiger partial charge is 0.342 e. The number of amides is 1. The van der Waals surface area contributed by atoms with E-state index in [2.05, 4.69) is 5.32 Å². The molecule has 2 aliphatic heterocycles. The second-order valence-corrected chi connectivity index (χ2v) is 6.18. The Morgan fingerprint density at radius 3 is 2.62 bits per heavy atom. The maximum Gasteiger partial charge on any atom is 0.227 e. The Hall–Kier alpha value is -1.49. The molecule has 5 heteroatoms. The predicted octanol–water partition coefficient (Wildman–Crippen LogP) is 2.25. The number of hydrogen-bond acceptors (Lipinski definition) is 2. The Bertz CT molecular complexity index is 537. The molecule has 1 aromatic carbocycles. The minimum atomic E-state index is -0.525. The van der Waals surface area contributed by atoms with E-state index < -0.39 is 11.6 Å². The highest BCUT2D eigenvalue weighted by Gasteiger charge is 2.36. The number of piperidine rings is 1. The van der Waals surface area contributed by atoms with Gasteiger partial charge >= 0.3 is 0 Å². The van der Waals surface area contributed by atoms with Gasteiger partial charge in [-0.2, -0.15) is 0 Å². The summed E-state index contributed by atoms with van der Waals surface area (Å²) in [5, 5.41) is 3.53. The molecule has 2 fully saturated rings. The van der Waals surface area contributed by atoms with Crippen LogP contribution < -0.4 is 5.32 Å². The number of carbonyl (C=O) groups is 1. The molecule has 0 aromatic heterocycles. The third-order valence-corrected chi connectivity index (χ3v) is 4.74. The van der Waals surface area contributed by atoms with Gasteiger partial charge in [0.2, 0.25) is 5.91 Å². The van der Waals surface area contributed by atoms with E-state index >= 15 is 0 Å². The average molecular weight is 294 g/mol. The minimum absolute atomic E-state index is 0.0840. The van der Waals surface area contributed by atoms with Gasteiger partial charge in [0, 0.05) is 30.7 Å². The predicted molar refractivity (Wildman–Crippen MR) is 75.8 cm³/mol. The van der Waals surface area contributed by atoms with E-state index in [1.165, 1.54) is 12.8 Å². The van der Waals surface area contributed by atoms with Crippen molar-refractivity contribution in [1.82, 2.24) is 10.2 Å². The lowest BCUT2D eigenvalue weighted by molar-refractivity contribution is -0.132. The number of rotatable bonds is 3. The summed E-state index contributed by atoms with van der Waals surface area (Å²) in [5.74, 6) is -1.18. The number of carbonyl (C=O) groups excluding carboxylic acids is 1. The van der Waals surface area contributed by atoms with Crippen molar-refractivity contribution in [2.75, 3.05) is 7.05 Å². The molecule has 2 aliphatic rings. The fourth-order valence-corrected chi connectivity index (χ4v) is 3.51. The van der Waals surface area contributed by atoms with Gasteiger partial charge in [-0.05, 0) is 43.9 Å². The molecule has 2 atom stereocenters. The van der Waals surface area contributed by atoms with Crippen molar-refractivity contribution in [3.63, 3.8) is 0 Å². The van der Waals surface area contributed by atoms with Crippen molar-refractivity contribution >= 4 is 5.91 Å². The summed E-state index contributed by atoms with van der Waals surface area (Å²) < 4.78 is 26.8. The molecule has 2 bridgehead atoms. The zero-order valence-corrected chi connectivity index (χ0v) is 12.1. The summed E-state index contributed by atoms with van der Waals surface area (Å²) in [6.07, 6.45) is 4.15. The van der Waals surface area contributed by atoms with E-state index in [0.717, 1.165) is 31.0 Å². The molecule has 0 spiro atoms. The standard InChI is InChI=1S/C16H20F2N2O/c1-20(14-8-12-3-4-13(9-14)19-12)16(21)7-10-6-11(17)2-5-15(10)18/h2,5-6,12-14,19H,3-4,7-9H2,1H3/t12-,13-/m1/s1. The van der Waals surface area contributed by atoms with Crippen LogP contribution in [0.5, 0.6) is 0 Å². The highest BCUT2D eigenvalue weighted by molar-refractivity contribution is 5.79. The van der Waals surface area contributed by atoms with Crippen LogP contribution >= 0.6 is 0 Å². The van der Waals surface area contributed by atoms with Gasteiger partial charge in [-0.25, -0.2) is 8.78 Å². The van der Waals surface area contributed by atoms with Gasteiger partial charge < -0.3 is 10.2 Å². The third-order valence-electron chi connectivity index (χ3n) is 4.74. The highest BCUT2D eigenvalue weighted by atomic mass is 19.1. The van der Waals surface area contributed by atoms with Gasteiger partial charge in [-0.15, -0.1) is 0 Å². The van der Waals surface area contributed by atoms with Crippen LogP contribution in [0.2, 0.25) is 0 Å². The van der Waals surface area contributed by atoms with Gasteiger partial charge in [0.1, 0.15) is 11.6 Å². The summed E-state index contributed by atoms with van der Waals surface area (Å²) in [6, 6.07) is 4.44. The number of hydrogen-bond donors (Lipinski definition) is 1. The number of nitrogens with one attached hydrogen (secondary N) is 1. The lowest BCUT2D eigenvalue weighted by Crippen LogP contribution is -2.49. The molecule has 2 saturated heterocycles. The van der Waals surface area contributed by atoms with E-state index in [1.807, 2.05) is 0 Å². The lowest BCUT2D eigenvalue weighted by Gasteiger charge is -2.35. The topological polar surface area (TPSA) is 32.3 Å². The van der Waals surface area contributed by atoms with Crippen molar-refractivity contribution < 1.29 is 13.6 Å². The van der Waals surface area contributed by atoms with Crippen LogP contribution in [0, 0.1) is 11.6 Å². The molecule has 0 aliphatic carbocycles. The molecule has 1 N–H and O–H groups in total. The molecule has 114 valence electrons. The summed E-state index contributed by atoms with van der Waals surface area (Å²) >= 11 is 0. The highest BCUT2D eigenvalue weighted by Crippen LogP contribution is 2.29. The molecule has 0 saturated carbocycles. The second kappa shape index (κ2) is 5.72. The molecule has 1 amide bonds. The van der Waals surface area contributed by atoms with Crippen LogP contribution in [-0.2, 0) is 11.2 Å². The summed E-state index contributed by atoms with van der Waals surface area (Å²) in [4.78, 5) is 14.0. The van der Waals surface area contributed by atoms with Crippen LogP contribution in [0.1, 0.15) is 31.2 Å². The first-order chi connectivity index (χ1) is 10.0. The third kappa shape index (κ3) is 3.07. The molecule has 0 unspecified atom stereocenters. The zero-order valence-electron chi connectivity index (χ0n) is 12.1. The quantitative estimate of drug-likeness (QED) is 0.927. The van der Waals surface area contributed by atoms with E-state index in [4.69, 9.17) is 0 Å². The normalized spacial score (nSPS) is 27.7. The number of fused-ring (bicyclic) bond motifs is 2. The molecule has 3 rings (SSSR count). The van der Waals surface area contributed by atoms with E-state index in [0.29, 0.717) is 12.1 Å². The molecule has 2 heterocycles. The van der Waals surface area contributed by atoms with Gasteiger partial charge in [0.25, 0.3) is 0 Å². The van der Waals surface area contributed by atoms with Crippen molar-refractivity contribution in [1.29, 1.82) is 0 Å². The fourth-order valence-electron chi connectivity index (χ4n) is 3.51. The monoisotopic (exact) mass is 294 g/mol. The van der Waals surface area contributed by atoms with E-state index in [9.17, 15) is 13.6 Å². The maximum atomic E-state index is 13.6. The van der Waals surface area contributed by atoms with Crippen molar-refractivity contribution in [3.05, 3.63) is 35.4 Å². The molecule has 21 heavy (non-hydrogen) atoms. The molecular weight excluding hydrogens is 274 g/mol. The first-order valence-electron chi connectivity index (χ1n) is 7.48. The molecule has 0 radical (unpaired) electrons. The smallest absolute Gasteiger partial charge is 0.227 e. The van der Waals surface area contributed by atoms with E-state index in [1.54, 1.807) is 11.9 Å². The van der Waals surface area contributed by atoms with Gasteiger partial charge in [-0.3, -0.25) is 4.79 Å². The summed E-state index contributed by atoms with van der Waals surface area (Å²) in [7, 11) is 1.77. The number of benzene rings is 1. The lowest BCUT2D eigenvalue weighted by atomic mass is 9.98. The van der Waals surface area contributed by atoms with Crippen molar-refractivity contribution in [2.24, 2.45) is 0 Å². The van der Waals surface area contributed by atoms with Crippen LogP contribution in [0.25, 0.3) is 0 Å². The minimum Gasteiger partial charge on any atom is -0.342 e. The van der Waals surface area contributed by atoms with Crippen molar-refractivity contribution in [2.45, 2.75) is 50.2 Å². The molecule has 3 nitrogen and oxygen atoms in total. The van der Waals surface area contributed by atoms with Gasteiger partial charge in [-0.1, -0.05) is 0 Å². The Morgan fingerprint density at radius 2 is 1.95 bits per heavy atom. The SMILES string of the molecule is CN(C(=O)Cc1cc(F)ccc1F)C1C[C@H]2CC[C@H](C1)N2. The molecule has 1 aromatic rings. The maximum absolute atomic E-state index is 13.6. The van der Waals surface area contributed by atoms with E-state index in [-0.39, 0.29) is 23.9 Å². The number of halogens is 2. The van der Waals surface area contributed by atoms with Crippen LogP contribution in [-0.4, -0.2) is 36.0 Å². The van der Waals surface area contributed by atoms with Gasteiger partial charge in [0.05, 0.1) is 6.42 Å². The zero-order chi connectivity index (χ0) is 15.0. The van der Waals surface area contributed by atoms with Crippen molar-refractivity contribution in [3.8, 4) is 0 Å². The summed E-state index contributed by atoms with van der Waals surface area (Å²) in [5.41, 5.74) is 0.128. The van der Waals surface area contributed by atoms with Gasteiger partial charge in [0.15, 0.2) is 0 Å². The van der Waals surface area contributed by atoms with Crippen LogP contribution in [0.4, 0.5) is 8.78 Å². The number of nitrogens with zero attached hydrogens (tertiary/aromatic N) is 1. The Kier molecular flexibility index (Phi) is 3.93. The Morgan fingerprint density at radius 1 is 1.29 bits per heavy atom. The Balaban J connectivity index is 1.66. The first-order valence-corrected chi connectivity index (χ1v) is 7.48. The summed E-state index contributed by atoms with van der Waals surface area (Å²) in [6.45, 7) is 0. The fraction of sp³-hybridized carbons (Fsp3) is 0.562. The van der Waals surface area contributed by atoms with Crippen LogP contribution in [0.3, 0.4) is 0 Å².